The number of nitrogens with zero attached hydrogens (tertiary/aromatic N) is 2. The highest BCUT2D eigenvalue weighted by atomic mass is 35.5. The Morgan fingerprint density at radius 2 is 1.83 bits per heavy atom. The maximum atomic E-state index is 12.9. The predicted molar refractivity (Wildman–Crippen MR) is 95.8 cm³/mol. The van der Waals surface area contributed by atoms with Crippen molar-refractivity contribution in [1.29, 1.82) is 0 Å². The molecule has 6 heteroatoms. The van der Waals surface area contributed by atoms with E-state index in [2.05, 4.69) is 11.0 Å². The fourth-order valence-corrected chi connectivity index (χ4v) is 3.68. The Morgan fingerprint density at radius 1 is 1.17 bits per heavy atom. The number of aliphatic carboxylic acids is 1. The van der Waals surface area contributed by atoms with Gasteiger partial charge in [-0.25, -0.2) is 0 Å². The summed E-state index contributed by atoms with van der Waals surface area (Å²) in [5.74, 6) is -0.844. The minimum absolute atomic E-state index is 0. The molecule has 24 heavy (non-hydrogen) atoms. The largest absolute Gasteiger partial charge is 0.481 e. The van der Waals surface area contributed by atoms with Crippen LogP contribution in [0.4, 0.5) is 5.69 Å². The van der Waals surface area contributed by atoms with Gasteiger partial charge in [-0.05, 0) is 57.3 Å². The van der Waals surface area contributed by atoms with Gasteiger partial charge in [0.05, 0.1) is 12.0 Å². The Morgan fingerprint density at radius 3 is 2.50 bits per heavy atom. The van der Waals surface area contributed by atoms with Crippen molar-refractivity contribution in [1.82, 2.24) is 4.90 Å². The van der Waals surface area contributed by atoms with E-state index in [-0.39, 0.29) is 30.3 Å². The standard InChI is InChI=1S/C18H24N2O3.ClH/c1-13(19-11-8-15(9-12-19)18(22)23)17(21)20-10-4-6-14-5-2-3-7-16(14)20;/h2-3,5,7,13,15H,4,6,8-12H2,1H3,(H,22,23);1H. The third-order valence-corrected chi connectivity index (χ3v) is 5.16. The molecule has 1 saturated heterocycles. The smallest absolute Gasteiger partial charge is 0.306 e. The minimum Gasteiger partial charge on any atom is -0.481 e. The van der Waals surface area contributed by atoms with Gasteiger partial charge in [-0.3, -0.25) is 14.5 Å². The first-order valence-corrected chi connectivity index (χ1v) is 8.44. The summed E-state index contributed by atoms with van der Waals surface area (Å²) in [6, 6.07) is 7.92. The highest BCUT2D eigenvalue weighted by Crippen LogP contribution is 2.28. The summed E-state index contributed by atoms with van der Waals surface area (Å²) in [4.78, 5) is 28.0. The Hall–Kier alpha value is -1.59. The van der Waals surface area contributed by atoms with Crippen molar-refractivity contribution in [3.63, 3.8) is 0 Å². The molecular formula is C18H25ClN2O3. The summed E-state index contributed by atoms with van der Waals surface area (Å²) in [5, 5.41) is 9.09. The van der Waals surface area contributed by atoms with Gasteiger partial charge < -0.3 is 10.0 Å². The van der Waals surface area contributed by atoms with Gasteiger partial charge in [0.2, 0.25) is 5.91 Å². The first kappa shape index (κ1) is 18.7. The topological polar surface area (TPSA) is 60.9 Å². The maximum Gasteiger partial charge on any atom is 0.306 e. The number of halogens is 1. The number of para-hydroxylation sites is 1. The van der Waals surface area contributed by atoms with Gasteiger partial charge in [-0.15, -0.1) is 12.4 Å². The highest BCUT2D eigenvalue weighted by molar-refractivity contribution is 5.98. The number of amides is 1. The van der Waals surface area contributed by atoms with E-state index in [1.165, 1.54) is 5.56 Å². The van der Waals surface area contributed by atoms with Gasteiger partial charge in [0.15, 0.2) is 0 Å². The molecule has 5 nitrogen and oxygen atoms in total. The first-order chi connectivity index (χ1) is 11.1. The number of carboxylic acid groups (broad SMARTS) is 1. The molecule has 1 aromatic rings. The van der Waals surface area contributed by atoms with E-state index >= 15 is 0 Å². The number of aryl methyl sites for hydroxylation is 1. The zero-order valence-electron chi connectivity index (χ0n) is 14.0. The van der Waals surface area contributed by atoms with Crippen LogP contribution in [-0.4, -0.2) is 47.6 Å². The molecular weight excluding hydrogens is 328 g/mol. The van der Waals surface area contributed by atoms with Crippen molar-refractivity contribution in [3.05, 3.63) is 29.8 Å². The quantitative estimate of drug-likeness (QED) is 0.908. The number of likely N-dealkylation sites (tertiary alicyclic amines) is 1. The van der Waals surface area contributed by atoms with Gasteiger partial charge in [-0.2, -0.15) is 0 Å². The molecule has 2 aliphatic heterocycles. The van der Waals surface area contributed by atoms with Crippen LogP contribution in [0.3, 0.4) is 0 Å². The summed E-state index contributed by atoms with van der Waals surface area (Å²) < 4.78 is 0. The van der Waals surface area contributed by atoms with Crippen LogP contribution in [0, 0.1) is 5.92 Å². The molecule has 1 aromatic carbocycles. The second kappa shape index (κ2) is 7.99. The Kier molecular flexibility index (Phi) is 6.24. The average molecular weight is 353 g/mol. The molecule has 1 atom stereocenters. The molecule has 0 bridgehead atoms. The number of piperidine rings is 1. The fourth-order valence-electron chi connectivity index (χ4n) is 3.68. The predicted octanol–water partition coefficient (Wildman–Crippen LogP) is 2.57. The molecule has 132 valence electrons. The highest BCUT2D eigenvalue weighted by Gasteiger charge is 2.33. The number of carbonyl (C=O) groups excluding carboxylic acids is 1. The van der Waals surface area contributed by atoms with Crippen LogP contribution in [-0.2, 0) is 16.0 Å². The Bertz CT molecular complexity index is 600. The van der Waals surface area contributed by atoms with Crippen molar-refractivity contribution >= 4 is 30.0 Å². The summed E-state index contributed by atoms with van der Waals surface area (Å²) in [6.07, 6.45) is 3.28. The zero-order chi connectivity index (χ0) is 16.4. The first-order valence-electron chi connectivity index (χ1n) is 8.44. The van der Waals surface area contributed by atoms with Gasteiger partial charge in [0.25, 0.3) is 0 Å². The molecule has 0 radical (unpaired) electrons. The number of carboxylic acids is 1. The van der Waals surface area contributed by atoms with Gasteiger partial charge >= 0.3 is 5.97 Å². The van der Waals surface area contributed by atoms with E-state index in [9.17, 15) is 9.59 Å². The number of benzene rings is 1. The lowest BCUT2D eigenvalue weighted by molar-refractivity contribution is -0.143. The third kappa shape index (κ3) is 3.73. The van der Waals surface area contributed by atoms with Crippen molar-refractivity contribution in [3.8, 4) is 0 Å². The fraction of sp³-hybridized carbons (Fsp3) is 0.556. The average Bonchev–Trinajstić information content (AvgIpc) is 2.60. The van der Waals surface area contributed by atoms with Crippen LogP contribution in [0.15, 0.2) is 24.3 Å². The van der Waals surface area contributed by atoms with E-state index < -0.39 is 5.97 Å². The lowest BCUT2D eigenvalue weighted by atomic mass is 9.95. The molecule has 1 unspecified atom stereocenters. The van der Waals surface area contributed by atoms with Gasteiger partial charge in [0, 0.05) is 12.2 Å². The van der Waals surface area contributed by atoms with Crippen molar-refractivity contribution < 1.29 is 14.7 Å². The van der Waals surface area contributed by atoms with Crippen LogP contribution < -0.4 is 4.90 Å². The Balaban J connectivity index is 0.00000208. The summed E-state index contributed by atoms with van der Waals surface area (Å²) in [5.41, 5.74) is 2.28. The number of anilines is 1. The van der Waals surface area contributed by atoms with E-state index in [4.69, 9.17) is 5.11 Å². The van der Waals surface area contributed by atoms with E-state index in [0.29, 0.717) is 25.9 Å². The van der Waals surface area contributed by atoms with Gasteiger partial charge in [-0.1, -0.05) is 18.2 Å². The van der Waals surface area contributed by atoms with Crippen LogP contribution >= 0.6 is 12.4 Å². The molecule has 1 fully saturated rings. The monoisotopic (exact) mass is 352 g/mol. The molecule has 1 amide bonds. The molecule has 0 spiro atoms. The second-order valence-corrected chi connectivity index (χ2v) is 6.55. The zero-order valence-corrected chi connectivity index (χ0v) is 14.8. The molecule has 0 aliphatic carbocycles. The lowest BCUT2D eigenvalue weighted by Crippen LogP contribution is -2.51. The van der Waals surface area contributed by atoms with Crippen molar-refractivity contribution in [2.45, 2.75) is 38.6 Å². The summed E-state index contributed by atoms with van der Waals surface area (Å²) in [6.45, 7) is 4.07. The van der Waals surface area contributed by atoms with E-state index in [1.807, 2.05) is 30.0 Å². The number of hydrogen-bond acceptors (Lipinski definition) is 3. The molecule has 0 aromatic heterocycles. The molecule has 0 saturated carbocycles. The number of rotatable bonds is 3. The van der Waals surface area contributed by atoms with Gasteiger partial charge in [0.1, 0.15) is 0 Å². The minimum atomic E-state index is -0.714. The van der Waals surface area contributed by atoms with Crippen molar-refractivity contribution in [2.75, 3.05) is 24.5 Å². The molecule has 2 aliphatic rings. The Labute approximate surface area is 149 Å². The second-order valence-electron chi connectivity index (χ2n) is 6.55. The molecule has 1 N–H and O–H groups in total. The van der Waals surface area contributed by atoms with Crippen molar-refractivity contribution in [2.24, 2.45) is 5.92 Å². The SMILES string of the molecule is CC(C(=O)N1CCCc2ccccc21)N1CCC(C(=O)O)CC1.Cl. The van der Waals surface area contributed by atoms with E-state index in [1.54, 1.807) is 0 Å². The van der Waals surface area contributed by atoms with Crippen LogP contribution in [0.2, 0.25) is 0 Å². The molecule has 3 rings (SSSR count). The van der Waals surface area contributed by atoms with Crippen LogP contribution in [0.25, 0.3) is 0 Å². The third-order valence-electron chi connectivity index (χ3n) is 5.16. The summed E-state index contributed by atoms with van der Waals surface area (Å²) >= 11 is 0. The number of fused-ring (bicyclic) bond motifs is 1. The maximum absolute atomic E-state index is 12.9. The normalized spacial score (nSPS) is 20.0. The lowest BCUT2D eigenvalue weighted by Gasteiger charge is -2.38. The molecule has 2 heterocycles. The van der Waals surface area contributed by atoms with Crippen LogP contribution in [0.5, 0.6) is 0 Å². The summed E-state index contributed by atoms with van der Waals surface area (Å²) in [7, 11) is 0. The van der Waals surface area contributed by atoms with E-state index in [0.717, 1.165) is 25.1 Å². The number of hydrogen-bond donors (Lipinski definition) is 1. The van der Waals surface area contributed by atoms with Crippen LogP contribution in [0.1, 0.15) is 31.7 Å². The number of carbonyl (C=O) groups is 2.